The number of aliphatic carboxylic acids is 1. The molecule has 82 valence electrons. The van der Waals surface area contributed by atoms with Crippen LogP contribution in [0.25, 0.3) is 0 Å². The summed E-state index contributed by atoms with van der Waals surface area (Å²) < 4.78 is 0. The Bertz CT molecular complexity index is 319. The van der Waals surface area contributed by atoms with E-state index in [2.05, 4.69) is 4.90 Å². The van der Waals surface area contributed by atoms with Gasteiger partial charge in [0, 0.05) is 18.8 Å². The van der Waals surface area contributed by atoms with Gasteiger partial charge in [0.1, 0.15) is 0 Å². The van der Waals surface area contributed by atoms with Crippen LogP contribution >= 0.6 is 0 Å². The van der Waals surface area contributed by atoms with Crippen molar-refractivity contribution in [3.05, 3.63) is 29.8 Å². The lowest BCUT2D eigenvalue weighted by molar-refractivity contribution is -0.136. The molecule has 0 aromatic heterocycles. The second-order valence-electron chi connectivity index (χ2n) is 3.56. The normalized spacial score (nSPS) is 10.0. The van der Waals surface area contributed by atoms with Crippen molar-refractivity contribution in [1.82, 2.24) is 0 Å². The minimum atomic E-state index is -0.749. The van der Waals surface area contributed by atoms with Gasteiger partial charge in [-0.1, -0.05) is 17.7 Å². The van der Waals surface area contributed by atoms with E-state index < -0.39 is 5.97 Å². The Morgan fingerprint density at radius 1 is 1.33 bits per heavy atom. The minimum absolute atomic E-state index is 0.182. The molecule has 0 spiro atoms. The first-order chi connectivity index (χ1) is 7.13. The molecule has 0 radical (unpaired) electrons. The molecule has 0 aliphatic rings. The highest BCUT2D eigenvalue weighted by Crippen LogP contribution is 2.14. The molecule has 3 heteroatoms. The number of carboxylic acid groups (broad SMARTS) is 1. The number of aryl methyl sites for hydroxylation is 1. The fraction of sp³-hybridized carbons (Fsp3) is 0.417. The zero-order chi connectivity index (χ0) is 11.3. The van der Waals surface area contributed by atoms with Crippen LogP contribution in [0.4, 0.5) is 5.69 Å². The first kappa shape index (κ1) is 11.6. The van der Waals surface area contributed by atoms with Gasteiger partial charge in [-0.15, -0.1) is 0 Å². The molecule has 1 N–H and O–H groups in total. The van der Waals surface area contributed by atoms with Crippen molar-refractivity contribution in [3.63, 3.8) is 0 Å². The quantitative estimate of drug-likeness (QED) is 0.805. The summed E-state index contributed by atoms with van der Waals surface area (Å²) >= 11 is 0. The zero-order valence-corrected chi connectivity index (χ0v) is 9.23. The molecule has 0 heterocycles. The lowest BCUT2D eigenvalue weighted by atomic mass is 10.2. The Morgan fingerprint density at radius 2 is 1.93 bits per heavy atom. The van der Waals surface area contributed by atoms with Crippen molar-refractivity contribution in [2.24, 2.45) is 0 Å². The van der Waals surface area contributed by atoms with Crippen molar-refractivity contribution in [2.45, 2.75) is 20.3 Å². The third-order valence-corrected chi connectivity index (χ3v) is 2.38. The summed E-state index contributed by atoms with van der Waals surface area (Å²) in [6.07, 6.45) is 0.182. The van der Waals surface area contributed by atoms with Gasteiger partial charge in [-0.2, -0.15) is 0 Å². The average Bonchev–Trinajstić information content (AvgIpc) is 2.21. The molecule has 0 saturated carbocycles. The maximum atomic E-state index is 10.5. The molecule has 0 bridgehead atoms. The highest BCUT2D eigenvalue weighted by molar-refractivity contribution is 5.67. The standard InChI is InChI=1S/C12H17NO2/c1-3-13(9-8-12(14)15)11-6-4-10(2)5-7-11/h4-7H,3,8-9H2,1-2H3,(H,14,15). The summed E-state index contributed by atoms with van der Waals surface area (Å²) in [6, 6.07) is 8.14. The Labute approximate surface area is 90.3 Å². The number of carbonyl (C=O) groups is 1. The van der Waals surface area contributed by atoms with E-state index in [0.717, 1.165) is 12.2 Å². The molecule has 1 aromatic rings. The van der Waals surface area contributed by atoms with Gasteiger partial charge in [0.05, 0.1) is 6.42 Å². The summed E-state index contributed by atoms with van der Waals surface area (Å²) in [6.45, 7) is 5.46. The lowest BCUT2D eigenvalue weighted by Crippen LogP contribution is -2.25. The summed E-state index contributed by atoms with van der Waals surface area (Å²) in [5.41, 5.74) is 2.30. The average molecular weight is 207 g/mol. The van der Waals surface area contributed by atoms with Crippen molar-refractivity contribution in [2.75, 3.05) is 18.0 Å². The SMILES string of the molecule is CCN(CCC(=O)O)c1ccc(C)cc1. The number of benzene rings is 1. The highest BCUT2D eigenvalue weighted by Gasteiger charge is 2.05. The Kier molecular flexibility index (Phi) is 4.16. The summed E-state index contributed by atoms with van der Waals surface area (Å²) in [4.78, 5) is 12.5. The molecule has 0 unspecified atom stereocenters. The van der Waals surface area contributed by atoms with Gasteiger partial charge in [0.2, 0.25) is 0 Å². The molecule has 0 aliphatic heterocycles. The molecule has 0 fully saturated rings. The maximum Gasteiger partial charge on any atom is 0.305 e. The van der Waals surface area contributed by atoms with Crippen LogP contribution in [-0.4, -0.2) is 24.2 Å². The van der Waals surface area contributed by atoms with Crippen LogP contribution in [0.2, 0.25) is 0 Å². The molecule has 0 atom stereocenters. The molecule has 1 rings (SSSR count). The molecule has 0 saturated heterocycles. The third-order valence-electron chi connectivity index (χ3n) is 2.38. The Hall–Kier alpha value is -1.51. The predicted octanol–water partition coefficient (Wildman–Crippen LogP) is 2.30. The lowest BCUT2D eigenvalue weighted by Gasteiger charge is -2.22. The van der Waals surface area contributed by atoms with Crippen molar-refractivity contribution < 1.29 is 9.90 Å². The summed E-state index contributed by atoms with van der Waals surface area (Å²) in [7, 11) is 0. The van der Waals surface area contributed by atoms with Crippen LogP contribution in [0.3, 0.4) is 0 Å². The fourth-order valence-corrected chi connectivity index (χ4v) is 1.46. The van der Waals surface area contributed by atoms with Gasteiger partial charge in [-0.25, -0.2) is 0 Å². The second-order valence-corrected chi connectivity index (χ2v) is 3.56. The van der Waals surface area contributed by atoms with Gasteiger partial charge < -0.3 is 10.0 Å². The van der Waals surface area contributed by atoms with Gasteiger partial charge in [-0.05, 0) is 26.0 Å². The third kappa shape index (κ3) is 3.62. The maximum absolute atomic E-state index is 10.5. The van der Waals surface area contributed by atoms with Crippen LogP contribution in [0.15, 0.2) is 24.3 Å². The van der Waals surface area contributed by atoms with Crippen molar-refractivity contribution >= 4 is 11.7 Å². The van der Waals surface area contributed by atoms with Gasteiger partial charge in [-0.3, -0.25) is 4.79 Å². The first-order valence-corrected chi connectivity index (χ1v) is 5.17. The molecule has 0 aliphatic carbocycles. The highest BCUT2D eigenvalue weighted by atomic mass is 16.4. The van der Waals surface area contributed by atoms with E-state index in [-0.39, 0.29) is 6.42 Å². The molecule has 3 nitrogen and oxygen atoms in total. The van der Waals surface area contributed by atoms with Crippen LogP contribution < -0.4 is 4.90 Å². The first-order valence-electron chi connectivity index (χ1n) is 5.17. The predicted molar refractivity (Wildman–Crippen MR) is 61.3 cm³/mol. The zero-order valence-electron chi connectivity index (χ0n) is 9.23. The van der Waals surface area contributed by atoms with Crippen LogP contribution in [-0.2, 0) is 4.79 Å². The molecule has 1 aromatic carbocycles. The monoisotopic (exact) mass is 207 g/mol. The van der Waals surface area contributed by atoms with E-state index in [4.69, 9.17) is 5.11 Å². The van der Waals surface area contributed by atoms with E-state index in [9.17, 15) is 4.79 Å². The van der Waals surface area contributed by atoms with E-state index in [1.165, 1.54) is 5.56 Å². The number of carboxylic acids is 1. The van der Waals surface area contributed by atoms with Crippen LogP contribution in [0, 0.1) is 6.92 Å². The van der Waals surface area contributed by atoms with Gasteiger partial charge in [0.15, 0.2) is 0 Å². The summed E-state index contributed by atoms with van der Waals surface area (Å²) in [5, 5.41) is 8.62. The number of hydrogen-bond acceptors (Lipinski definition) is 2. The van der Waals surface area contributed by atoms with E-state index in [1.807, 2.05) is 38.1 Å². The van der Waals surface area contributed by atoms with Crippen molar-refractivity contribution in [1.29, 1.82) is 0 Å². The van der Waals surface area contributed by atoms with E-state index in [0.29, 0.717) is 6.54 Å². The van der Waals surface area contributed by atoms with Crippen LogP contribution in [0.1, 0.15) is 18.9 Å². The van der Waals surface area contributed by atoms with Crippen LogP contribution in [0.5, 0.6) is 0 Å². The van der Waals surface area contributed by atoms with Gasteiger partial charge in [0.25, 0.3) is 0 Å². The molecule has 15 heavy (non-hydrogen) atoms. The van der Waals surface area contributed by atoms with Crippen molar-refractivity contribution in [3.8, 4) is 0 Å². The Morgan fingerprint density at radius 3 is 2.40 bits per heavy atom. The smallest absolute Gasteiger partial charge is 0.305 e. The van der Waals surface area contributed by atoms with E-state index >= 15 is 0 Å². The molecular formula is C12H17NO2. The number of rotatable bonds is 5. The largest absolute Gasteiger partial charge is 0.481 e. The molecular weight excluding hydrogens is 190 g/mol. The van der Waals surface area contributed by atoms with E-state index in [1.54, 1.807) is 0 Å². The Balaban J connectivity index is 2.65. The number of hydrogen-bond donors (Lipinski definition) is 1. The molecule has 0 amide bonds. The minimum Gasteiger partial charge on any atom is -0.481 e. The second kappa shape index (κ2) is 5.39. The van der Waals surface area contributed by atoms with Gasteiger partial charge >= 0.3 is 5.97 Å². The number of anilines is 1. The fourth-order valence-electron chi connectivity index (χ4n) is 1.46. The summed E-state index contributed by atoms with van der Waals surface area (Å²) in [5.74, 6) is -0.749. The topological polar surface area (TPSA) is 40.5 Å². The number of nitrogens with zero attached hydrogens (tertiary/aromatic N) is 1.